The Labute approximate surface area is 136 Å². The molecule has 0 unspecified atom stereocenters. The Bertz CT molecular complexity index is 566. The van der Waals surface area contributed by atoms with E-state index in [9.17, 15) is 9.59 Å². The summed E-state index contributed by atoms with van der Waals surface area (Å²) in [5.41, 5.74) is 0.582. The summed E-state index contributed by atoms with van der Waals surface area (Å²) in [5, 5.41) is 2.99. The second-order valence-electron chi connectivity index (χ2n) is 5.56. The minimum absolute atomic E-state index is 0.0220. The van der Waals surface area contributed by atoms with Crippen molar-refractivity contribution in [2.45, 2.75) is 32.2 Å². The zero-order valence-corrected chi connectivity index (χ0v) is 13.9. The number of amides is 2. The van der Waals surface area contributed by atoms with Crippen LogP contribution in [0.3, 0.4) is 0 Å². The van der Waals surface area contributed by atoms with Crippen LogP contribution in [0.1, 0.15) is 36.5 Å². The standard InChI is InChI=1S/C17H24N2O4/c1-4-16(20)18-13-7-9-19(10-8-13)17(21)12-5-6-14(22-2)15(11-12)23-3/h5-6,11,13H,4,7-10H2,1-3H3,(H,18,20). The molecule has 1 fully saturated rings. The minimum atomic E-state index is -0.0220. The van der Waals surface area contributed by atoms with Gasteiger partial charge in [0.1, 0.15) is 0 Å². The Hall–Kier alpha value is -2.24. The van der Waals surface area contributed by atoms with E-state index in [-0.39, 0.29) is 17.9 Å². The fraction of sp³-hybridized carbons (Fsp3) is 0.529. The number of hydrogen-bond donors (Lipinski definition) is 1. The molecule has 1 heterocycles. The molecule has 0 aromatic heterocycles. The Kier molecular flexibility index (Phi) is 5.84. The minimum Gasteiger partial charge on any atom is -0.493 e. The van der Waals surface area contributed by atoms with Crippen LogP contribution in [0, 0.1) is 0 Å². The van der Waals surface area contributed by atoms with Crippen molar-refractivity contribution in [1.82, 2.24) is 10.2 Å². The largest absolute Gasteiger partial charge is 0.493 e. The van der Waals surface area contributed by atoms with Crippen LogP contribution < -0.4 is 14.8 Å². The average Bonchev–Trinajstić information content (AvgIpc) is 2.60. The third kappa shape index (κ3) is 4.15. The predicted octanol–water partition coefficient (Wildman–Crippen LogP) is 1.83. The van der Waals surface area contributed by atoms with Gasteiger partial charge in [0.05, 0.1) is 14.2 Å². The predicted molar refractivity (Wildman–Crippen MR) is 86.9 cm³/mol. The van der Waals surface area contributed by atoms with E-state index in [0.29, 0.717) is 36.6 Å². The van der Waals surface area contributed by atoms with E-state index in [4.69, 9.17) is 9.47 Å². The summed E-state index contributed by atoms with van der Waals surface area (Å²) in [4.78, 5) is 25.8. The Morgan fingerprint density at radius 3 is 2.39 bits per heavy atom. The quantitative estimate of drug-likeness (QED) is 0.899. The van der Waals surface area contributed by atoms with Gasteiger partial charge in [-0.05, 0) is 31.0 Å². The van der Waals surface area contributed by atoms with Gasteiger partial charge >= 0.3 is 0 Å². The molecule has 1 saturated heterocycles. The number of piperidine rings is 1. The van der Waals surface area contributed by atoms with Crippen molar-refractivity contribution in [3.63, 3.8) is 0 Å². The number of ether oxygens (including phenoxy) is 2. The van der Waals surface area contributed by atoms with E-state index < -0.39 is 0 Å². The number of methoxy groups -OCH3 is 2. The molecule has 0 bridgehead atoms. The highest BCUT2D eigenvalue weighted by Gasteiger charge is 2.24. The van der Waals surface area contributed by atoms with E-state index in [1.807, 2.05) is 11.8 Å². The summed E-state index contributed by atoms with van der Waals surface area (Å²) in [6.07, 6.45) is 2.06. The van der Waals surface area contributed by atoms with Gasteiger partial charge in [-0.3, -0.25) is 9.59 Å². The summed E-state index contributed by atoms with van der Waals surface area (Å²) in [5.74, 6) is 1.19. The second kappa shape index (κ2) is 7.85. The lowest BCUT2D eigenvalue weighted by atomic mass is 10.0. The zero-order valence-electron chi connectivity index (χ0n) is 13.9. The first kappa shape index (κ1) is 17.1. The molecular weight excluding hydrogens is 296 g/mol. The number of hydrogen-bond acceptors (Lipinski definition) is 4. The Morgan fingerprint density at radius 1 is 1.17 bits per heavy atom. The lowest BCUT2D eigenvalue weighted by Crippen LogP contribution is -2.46. The van der Waals surface area contributed by atoms with Crippen molar-refractivity contribution < 1.29 is 19.1 Å². The SMILES string of the molecule is CCC(=O)NC1CCN(C(=O)c2ccc(OC)c(OC)c2)CC1. The van der Waals surface area contributed by atoms with Crippen LogP contribution in [0.2, 0.25) is 0 Å². The average molecular weight is 320 g/mol. The molecule has 126 valence electrons. The van der Waals surface area contributed by atoms with Gasteiger partial charge in [-0.25, -0.2) is 0 Å². The van der Waals surface area contributed by atoms with Crippen LogP contribution in [0.25, 0.3) is 0 Å². The number of nitrogens with zero attached hydrogens (tertiary/aromatic N) is 1. The van der Waals surface area contributed by atoms with E-state index in [2.05, 4.69) is 5.32 Å². The topological polar surface area (TPSA) is 67.9 Å². The zero-order chi connectivity index (χ0) is 16.8. The van der Waals surface area contributed by atoms with Crippen molar-refractivity contribution in [2.75, 3.05) is 27.3 Å². The second-order valence-corrected chi connectivity index (χ2v) is 5.56. The molecule has 0 aliphatic carbocycles. The van der Waals surface area contributed by atoms with Gasteiger partial charge in [-0.2, -0.15) is 0 Å². The fourth-order valence-electron chi connectivity index (χ4n) is 2.71. The van der Waals surface area contributed by atoms with Crippen LogP contribution in [0.4, 0.5) is 0 Å². The molecule has 0 atom stereocenters. The van der Waals surface area contributed by atoms with Crippen LogP contribution in [-0.2, 0) is 4.79 Å². The molecule has 2 amide bonds. The van der Waals surface area contributed by atoms with Crippen LogP contribution in [0.15, 0.2) is 18.2 Å². The molecule has 1 aromatic carbocycles. The highest BCUT2D eigenvalue weighted by atomic mass is 16.5. The monoisotopic (exact) mass is 320 g/mol. The van der Waals surface area contributed by atoms with Gasteiger partial charge in [0.15, 0.2) is 11.5 Å². The molecule has 2 rings (SSSR count). The number of benzene rings is 1. The van der Waals surface area contributed by atoms with E-state index in [0.717, 1.165) is 12.8 Å². The molecule has 1 aliphatic heterocycles. The fourth-order valence-corrected chi connectivity index (χ4v) is 2.71. The first-order valence-corrected chi connectivity index (χ1v) is 7.89. The third-order valence-electron chi connectivity index (χ3n) is 4.10. The van der Waals surface area contributed by atoms with Gasteiger partial charge in [0.2, 0.25) is 5.91 Å². The van der Waals surface area contributed by atoms with E-state index >= 15 is 0 Å². The van der Waals surface area contributed by atoms with Gasteiger partial charge < -0.3 is 19.7 Å². The molecular formula is C17H24N2O4. The molecule has 1 N–H and O–H groups in total. The maximum Gasteiger partial charge on any atom is 0.253 e. The molecule has 1 aliphatic rings. The summed E-state index contributed by atoms with van der Waals surface area (Å²) >= 11 is 0. The number of rotatable bonds is 5. The molecule has 6 nitrogen and oxygen atoms in total. The van der Waals surface area contributed by atoms with E-state index in [1.54, 1.807) is 32.4 Å². The molecule has 0 spiro atoms. The number of nitrogens with one attached hydrogen (secondary N) is 1. The van der Waals surface area contributed by atoms with Crippen molar-refractivity contribution in [2.24, 2.45) is 0 Å². The maximum atomic E-state index is 12.6. The third-order valence-corrected chi connectivity index (χ3v) is 4.10. The Morgan fingerprint density at radius 2 is 1.83 bits per heavy atom. The van der Waals surface area contributed by atoms with E-state index in [1.165, 1.54) is 0 Å². The van der Waals surface area contributed by atoms with Crippen molar-refractivity contribution in [3.8, 4) is 11.5 Å². The maximum absolute atomic E-state index is 12.6. The number of carbonyl (C=O) groups is 2. The normalized spacial score (nSPS) is 15.2. The summed E-state index contributed by atoms with van der Waals surface area (Å²) in [6, 6.07) is 5.35. The number of carbonyl (C=O) groups excluding carboxylic acids is 2. The molecule has 1 aromatic rings. The van der Waals surface area contributed by atoms with Crippen LogP contribution >= 0.6 is 0 Å². The smallest absolute Gasteiger partial charge is 0.253 e. The first-order valence-electron chi connectivity index (χ1n) is 7.89. The summed E-state index contributed by atoms with van der Waals surface area (Å²) in [6.45, 7) is 3.12. The van der Waals surface area contributed by atoms with Gasteiger partial charge in [0, 0.05) is 31.1 Å². The number of likely N-dealkylation sites (tertiary alicyclic amines) is 1. The highest BCUT2D eigenvalue weighted by molar-refractivity contribution is 5.95. The van der Waals surface area contributed by atoms with Gasteiger partial charge in [-0.1, -0.05) is 6.92 Å². The summed E-state index contributed by atoms with van der Waals surface area (Å²) < 4.78 is 10.4. The molecule has 23 heavy (non-hydrogen) atoms. The molecule has 0 saturated carbocycles. The van der Waals surface area contributed by atoms with Crippen molar-refractivity contribution in [1.29, 1.82) is 0 Å². The molecule has 0 radical (unpaired) electrons. The van der Waals surface area contributed by atoms with Gasteiger partial charge in [0.25, 0.3) is 5.91 Å². The first-order chi connectivity index (χ1) is 11.1. The summed E-state index contributed by atoms with van der Waals surface area (Å²) in [7, 11) is 3.11. The van der Waals surface area contributed by atoms with Crippen LogP contribution in [-0.4, -0.2) is 50.1 Å². The lowest BCUT2D eigenvalue weighted by molar-refractivity contribution is -0.121. The van der Waals surface area contributed by atoms with Gasteiger partial charge in [-0.15, -0.1) is 0 Å². The van der Waals surface area contributed by atoms with Crippen LogP contribution in [0.5, 0.6) is 11.5 Å². The Balaban J connectivity index is 1.98. The van der Waals surface area contributed by atoms with Crippen molar-refractivity contribution in [3.05, 3.63) is 23.8 Å². The lowest BCUT2D eigenvalue weighted by Gasteiger charge is -2.32. The highest BCUT2D eigenvalue weighted by Crippen LogP contribution is 2.28. The molecule has 6 heteroatoms. The van der Waals surface area contributed by atoms with Crippen molar-refractivity contribution >= 4 is 11.8 Å².